The minimum Gasteiger partial charge on any atom is -0.496 e. The molecule has 6 rings (SSSR count). The molecule has 42 heavy (non-hydrogen) atoms. The Labute approximate surface area is 245 Å². The van der Waals surface area contributed by atoms with Crippen LogP contribution in [-0.2, 0) is 21.6 Å². The van der Waals surface area contributed by atoms with Crippen molar-refractivity contribution in [1.82, 2.24) is 19.4 Å². The average molecular weight is 595 g/mol. The van der Waals surface area contributed by atoms with Crippen molar-refractivity contribution in [2.45, 2.75) is 57.9 Å². The number of thiophene rings is 1. The van der Waals surface area contributed by atoms with E-state index in [9.17, 15) is 19.5 Å². The molecule has 3 aromatic heterocycles. The molecular formula is C30H34N4O7S. The highest BCUT2D eigenvalue weighted by atomic mass is 32.1. The van der Waals surface area contributed by atoms with Crippen LogP contribution < -0.4 is 21.3 Å². The van der Waals surface area contributed by atoms with Gasteiger partial charge in [-0.3, -0.25) is 9.36 Å². The number of carboxylic acids is 1. The predicted octanol–water partition coefficient (Wildman–Crippen LogP) is 3.77. The molecular weight excluding hydrogens is 560 g/mol. The molecule has 1 saturated carbocycles. The summed E-state index contributed by atoms with van der Waals surface area (Å²) in [6, 6.07) is 7.53. The Balaban J connectivity index is 1.54. The molecule has 4 aromatic rings. The topological polar surface area (TPSA) is 138 Å². The third kappa shape index (κ3) is 4.67. The van der Waals surface area contributed by atoms with Gasteiger partial charge in [-0.05, 0) is 70.2 Å². The molecule has 1 saturated heterocycles. The zero-order chi connectivity index (χ0) is 29.8. The molecule has 1 aliphatic heterocycles. The van der Waals surface area contributed by atoms with Crippen LogP contribution in [0, 0.1) is 18.8 Å². The lowest BCUT2D eigenvalue weighted by atomic mass is 10.0. The maximum Gasteiger partial charge on any atom is 0.333 e. The summed E-state index contributed by atoms with van der Waals surface area (Å²) >= 11 is 1.22. The molecule has 11 nitrogen and oxygen atoms in total. The van der Waals surface area contributed by atoms with Crippen LogP contribution >= 0.6 is 11.3 Å². The number of carbonyl (C=O) groups is 1. The molecule has 0 bridgehead atoms. The Morgan fingerprint density at radius 2 is 1.95 bits per heavy atom. The highest BCUT2D eigenvalue weighted by molar-refractivity contribution is 7.22. The first-order valence-corrected chi connectivity index (χ1v) is 14.8. The molecule has 0 amide bonds. The van der Waals surface area contributed by atoms with Gasteiger partial charge >= 0.3 is 11.7 Å². The van der Waals surface area contributed by atoms with E-state index in [4.69, 9.17) is 13.9 Å². The van der Waals surface area contributed by atoms with Crippen LogP contribution in [0.4, 0.5) is 0 Å². The van der Waals surface area contributed by atoms with Crippen molar-refractivity contribution in [2.75, 3.05) is 20.2 Å². The molecule has 0 unspecified atom stereocenters. The number of ether oxygens (including phenoxy) is 2. The second-order valence-electron chi connectivity index (χ2n) is 11.6. The molecule has 222 valence electrons. The molecule has 1 aromatic carbocycles. The van der Waals surface area contributed by atoms with Crippen molar-refractivity contribution in [1.29, 1.82) is 0 Å². The van der Waals surface area contributed by atoms with E-state index in [-0.39, 0.29) is 18.0 Å². The number of aliphatic carboxylic acids is 1. The van der Waals surface area contributed by atoms with E-state index in [0.717, 1.165) is 36.1 Å². The minimum absolute atomic E-state index is 0.0162. The van der Waals surface area contributed by atoms with Gasteiger partial charge in [-0.1, -0.05) is 18.2 Å². The molecule has 2 N–H and O–H groups in total. The molecule has 3 atom stereocenters. The van der Waals surface area contributed by atoms with E-state index in [0.29, 0.717) is 38.7 Å². The molecule has 0 spiro atoms. The number of carboxylic acid groups (broad SMARTS) is 1. The zero-order valence-electron chi connectivity index (χ0n) is 24.0. The summed E-state index contributed by atoms with van der Waals surface area (Å²) in [6.45, 7) is 6.44. The molecule has 0 radical (unpaired) electrons. The van der Waals surface area contributed by atoms with Gasteiger partial charge < -0.3 is 24.3 Å². The van der Waals surface area contributed by atoms with Crippen LogP contribution in [0.3, 0.4) is 0 Å². The van der Waals surface area contributed by atoms with Gasteiger partial charge in [0, 0.05) is 5.56 Å². The van der Waals surface area contributed by atoms with Gasteiger partial charge in [-0.25, -0.2) is 19.1 Å². The van der Waals surface area contributed by atoms with Crippen molar-refractivity contribution >= 4 is 27.5 Å². The van der Waals surface area contributed by atoms with E-state index >= 15 is 0 Å². The molecule has 2 fully saturated rings. The Kier molecular flexibility index (Phi) is 7.32. The standard InChI is InChI=1S/C30H34N4O7S/c1-16-23-26(35)34(30(2,3)28(36)37)29(38)33(27(23)42-24(16)25-32-9-10-40-25)15-22(20-7-5-6-8-21(20)39-4)41-19-11-17-13-31-14-18(17)12-19/h5-10,17-19,22,31H,11-15H2,1-4H3,(H,36,37)/t17-,18-,22-/m0/s1. The lowest BCUT2D eigenvalue weighted by Gasteiger charge is -2.27. The summed E-state index contributed by atoms with van der Waals surface area (Å²) in [6.07, 6.45) is 4.14. The number of benzene rings is 1. The SMILES string of the molecule is COc1ccccc1[C@H](Cn1c(=O)n(C(C)(C)C(=O)O)c(=O)c2c(C)c(-c3ncco3)sc21)OC1C[C@H]2CNC[C@@H]2C1. The lowest BCUT2D eigenvalue weighted by Crippen LogP contribution is -2.52. The number of nitrogens with zero attached hydrogens (tertiary/aromatic N) is 3. The van der Waals surface area contributed by atoms with Gasteiger partial charge in [0.2, 0.25) is 5.89 Å². The first-order chi connectivity index (χ1) is 20.1. The fourth-order valence-corrected chi connectivity index (χ4v) is 7.64. The van der Waals surface area contributed by atoms with E-state index < -0.39 is 28.9 Å². The summed E-state index contributed by atoms with van der Waals surface area (Å²) in [5.41, 5.74) is -1.87. The van der Waals surface area contributed by atoms with Crippen LogP contribution in [0.5, 0.6) is 5.75 Å². The maximum absolute atomic E-state index is 14.2. The molecule has 12 heteroatoms. The fourth-order valence-electron chi connectivity index (χ4n) is 6.40. The number of hydrogen-bond acceptors (Lipinski definition) is 9. The van der Waals surface area contributed by atoms with Crippen molar-refractivity contribution in [3.63, 3.8) is 0 Å². The molecule has 1 aliphatic carbocycles. The number of aryl methyl sites for hydroxylation is 1. The van der Waals surface area contributed by atoms with Gasteiger partial charge in [0.1, 0.15) is 28.5 Å². The van der Waals surface area contributed by atoms with Gasteiger partial charge in [-0.2, -0.15) is 0 Å². The second-order valence-corrected chi connectivity index (χ2v) is 12.6. The van der Waals surface area contributed by atoms with Crippen LogP contribution in [0.15, 0.2) is 50.7 Å². The van der Waals surface area contributed by atoms with Crippen molar-refractivity contribution in [3.8, 4) is 16.5 Å². The fraction of sp³-hybridized carbons (Fsp3) is 0.467. The highest BCUT2D eigenvalue weighted by Crippen LogP contribution is 2.41. The lowest BCUT2D eigenvalue weighted by molar-refractivity contribution is -0.146. The average Bonchev–Trinajstić information content (AvgIpc) is 3.75. The van der Waals surface area contributed by atoms with Gasteiger partial charge in [-0.15, -0.1) is 11.3 Å². The van der Waals surface area contributed by atoms with Gasteiger partial charge in [0.25, 0.3) is 5.56 Å². The van der Waals surface area contributed by atoms with Crippen LogP contribution in [0.2, 0.25) is 0 Å². The van der Waals surface area contributed by atoms with Crippen LogP contribution in [-0.4, -0.2) is 51.5 Å². The number of aromatic nitrogens is 3. The summed E-state index contributed by atoms with van der Waals surface area (Å²) in [5, 5.41) is 13.8. The summed E-state index contributed by atoms with van der Waals surface area (Å²) in [4.78, 5) is 45.7. The van der Waals surface area contributed by atoms with Crippen molar-refractivity contribution in [3.05, 3.63) is 68.7 Å². The second kappa shape index (κ2) is 10.8. The smallest absolute Gasteiger partial charge is 0.333 e. The monoisotopic (exact) mass is 594 g/mol. The number of nitrogens with one attached hydrogen (secondary N) is 1. The Morgan fingerprint density at radius 1 is 1.24 bits per heavy atom. The molecule has 2 aliphatic rings. The summed E-state index contributed by atoms with van der Waals surface area (Å²) < 4.78 is 20.3. The largest absolute Gasteiger partial charge is 0.496 e. The third-order valence-electron chi connectivity index (χ3n) is 8.72. The van der Waals surface area contributed by atoms with E-state index in [1.807, 2.05) is 24.3 Å². The van der Waals surface area contributed by atoms with Crippen LogP contribution in [0.1, 0.15) is 43.9 Å². The van der Waals surface area contributed by atoms with E-state index in [2.05, 4.69) is 10.3 Å². The number of fused-ring (bicyclic) bond motifs is 2. The first kappa shape index (κ1) is 28.4. The Bertz CT molecular complexity index is 1740. The highest BCUT2D eigenvalue weighted by Gasteiger charge is 2.40. The van der Waals surface area contributed by atoms with Crippen LogP contribution in [0.25, 0.3) is 21.0 Å². The summed E-state index contributed by atoms with van der Waals surface area (Å²) in [7, 11) is 1.59. The van der Waals surface area contributed by atoms with Gasteiger partial charge in [0.05, 0.1) is 36.2 Å². The number of rotatable bonds is 9. The van der Waals surface area contributed by atoms with E-state index in [1.165, 1.54) is 42.2 Å². The first-order valence-electron chi connectivity index (χ1n) is 14.0. The molecule has 4 heterocycles. The maximum atomic E-state index is 14.2. The Morgan fingerprint density at radius 3 is 2.60 bits per heavy atom. The minimum atomic E-state index is -1.81. The normalized spacial score (nSPS) is 19.8. The third-order valence-corrected chi connectivity index (χ3v) is 10.0. The van der Waals surface area contributed by atoms with Crippen molar-refractivity contribution < 1.29 is 23.8 Å². The number of oxazole rings is 1. The number of para-hydroxylation sites is 1. The van der Waals surface area contributed by atoms with Gasteiger partial charge in [0.15, 0.2) is 0 Å². The predicted molar refractivity (Wildman–Crippen MR) is 157 cm³/mol. The number of hydrogen-bond donors (Lipinski definition) is 2. The van der Waals surface area contributed by atoms with E-state index in [1.54, 1.807) is 14.0 Å². The quantitative estimate of drug-likeness (QED) is 0.297. The van der Waals surface area contributed by atoms with Crippen molar-refractivity contribution in [2.24, 2.45) is 11.8 Å². The Hall–Kier alpha value is -3.74. The number of methoxy groups -OCH3 is 1. The summed E-state index contributed by atoms with van der Waals surface area (Å²) in [5.74, 6) is 0.735. The zero-order valence-corrected chi connectivity index (χ0v) is 24.8.